The molecule has 124 valence electrons. The smallest absolute Gasteiger partial charge is 0.419 e. The van der Waals surface area contributed by atoms with Crippen LogP contribution in [0, 0.1) is 0 Å². The van der Waals surface area contributed by atoms with Crippen LogP contribution >= 0.6 is 11.6 Å². The molecule has 1 unspecified atom stereocenters. The highest BCUT2D eigenvalue weighted by molar-refractivity contribution is 6.32. The monoisotopic (exact) mass is 348 g/mol. The van der Waals surface area contributed by atoms with Crippen LogP contribution in [0.5, 0.6) is 0 Å². The average molecular weight is 349 g/mol. The van der Waals surface area contributed by atoms with Gasteiger partial charge in [-0.2, -0.15) is 13.2 Å². The maximum absolute atomic E-state index is 13.4. The van der Waals surface area contributed by atoms with Crippen LogP contribution in [-0.2, 0) is 15.7 Å². The highest BCUT2D eigenvalue weighted by Crippen LogP contribution is 2.38. The molecule has 1 fully saturated rings. The predicted octanol–water partition coefficient (Wildman–Crippen LogP) is 3.64. The zero-order chi connectivity index (χ0) is 16.8. The number of carbonyl (C=O) groups excluding carboxylic acids is 1. The first-order chi connectivity index (χ1) is 10.8. The van der Waals surface area contributed by atoms with E-state index in [0.29, 0.717) is 18.6 Å². The zero-order valence-corrected chi connectivity index (χ0v) is 12.7. The molecular weight excluding hydrogens is 337 g/mol. The molecule has 0 radical (unpaired) electrons. The van der Waals surface area contributed by atoms with Crippen LogP contribution in [-0.4, -0.2) is 29.1 Å². The Balaban J connectivity index is 2.26. The third-order valence-electron chi connectivity index (χ3n) is 3.67. The van der Waals surface area contributed by atoms with Gasteiger partial charge in [-0.05, 0) is 24.5 Å². The molecule has 0 saturated carbocycles. The van der Waals surface area contributed by atoms with E-state index in [4.69, 9.17) is 16.3 Å². The molecule has 0 amide bonds. The molecule has 1 aliphatic heterocycles. The lowest BCUT2D eigenvalue weighted by Gasteiger charge is -2.14. The van der Waals surface area contributed by atoms with Crippen LogP contribution in [0.1, 0.15) is 40.6 Å². The number of esters is 1. The topological polar surface area (TPSA) is 52.8 Å². The Morgan fingerprint density at radius 3 is 2.83 bits per heavy atom. The van der Waals surface area contributed by atoms with E-state index in [1.165, 1.54) is 6.20 Å². The minimum absolute atomic E-state index is 0.225. The number of pyridine rings is 1. The van der Waals surface area contributed by atoms with Crippen molar-refractivity contribution in [2.24, 2.45) is 0 Å². The second kappa shape index (κ2) is 5.68. The predicted molar refractivity (Wildman–Crippen MR) is 74.5 cm³/mol. The second-order valence-electron chi connectivity index (χ2n) is 5.12. The summed E-state index contributed by atoms with van der Waals surface area (Å²) >= 11 is 6.02. The fourth-order valence-corrected chi connectivity index (χ4v) is 2.84. The van der Waals surface area contributed by atoms with Gasteiger partial charge in [0.15, 0.2) is 11.3 Å². The molecule has 2 aromatic heterocycles. The van der Waals surface area contributed by atoms with Crippen molar-refractivity contribution >= 4 is 23.2 Å². The van der Waals surface area contributed by atoms with Gasteiger partial charge in [0, 0.05) is 12.8 Å². The summed E-state index contributed by atoms with van der Waals surface area (Å²) in [5.74, 6) is -0.898. The quantitative estimate of drug-likeness (QED) is 0.777. The maximum Gasteiger partial charge on any atom is 0.419 e. The number of ether oxygens (including phenoxy) is 2. The Hall–Kier alpha value is -1.80. The van der Waals surface area contributed by atoms with Gasteiger partial charge in [0.2, 0.25) is 0 Å². The van der Waals surface area contributed by atoms with Crippen LogP contribution in [0.15, 0.2) is 12.3 Å². The third kappa shape index (κ3) is 2.76. The number of hydrogen-bond donors (Lipinski definition) is 0. The van der Waals surface area contributed by atoms with E-state index in [1.54, 1.807) is 0 Å². The summed E-state index contributed by atoms with van der Waals surface area (Å²) in [6.45, 7) is 0.495. The molecule has 3 heterocycles. The Morgan fingerprint density at radius 2 is 2.26 bits per heavy atom. The summed E-state index contributed by atoms with van der Waals surface area (Å²) in [5, 5.41) is -0.225. The Labute approximate surface area is 134 Å². The van der Waals surface area contributed by atoms with E-state index < -0.39 is 29.5 Å². The summed E-state index contributed by atoms with van der Waals surface area (Å²) in [6.07, 6.45) is -2.26. The van der Waals surface area contributed by atoms with Gasteiger partial charge in [0.25, 0.3) is 0 Å². The lowest BCUT2D eigenvalue weighted by atomic mass is 10.1. The molecule has 1 atom stereocenters. The number of halogens is 4. The molecular formula is C14H12ClF3N2O3. The average Bonchev–Trinajstić information content (AvgIpc) is 3.13. The molecule has 3 rings (SSSR count). The van der Waals surface area contributed by atoms with E-state index in [9.17, 15) is 18.0 Å². The first-order valence-electron chi connectivity index (χ1n) is 6.81. The maximum atomic E-state index is 13.4. The SMILES string of the molecule is COC(=O)c1nc2c(C(F)(F)F)cc(C3CCCO3)cn2c1Cl. The molecule has 2 aromatic rings. The number of aromatic nitrogens is 2. The first kappa shape index (κ1) is 16.1. The van der Waals surface area contributed by atoms with Gasteiger partial charge >= 0.3 is 12.1 Å². The normalized spacial score (nSPS) is 18.6. The molecule has 0 aliphatic carbocycles. The highest BCUT2D eigenvalue weighted by Gasteiger charge is 2.37. The van der Waals surface area contributed by atoms with Crippen molar-refractivity contribution in [3.63, 3.8) is 0 Å². The first-order valence-corrected chi connectivity index (χ1v) is 7.19. The number of fused-ring (bicyclic) bond motifs is 1. The van der Waals surface area contributed by atoms with Crippen molar-refractivity contribution in [2.75, 3.05) is 13.7 Å². The van der Waals surface area contributed by atoms with Crippen molar-refractivity contribution in [1.29, 1.82) is 0 Å². The summed E-state index contributed by atoms with van der Waals surface area (Å²) in [6, 6.07) is 0.996. The number of rotatable bonds is 2. The molecule has 0 N–H and O–H groups in total. The molecule has 9 heteroatoms. The van der Waals surface area contributed by atoms with Crippen molar-refractivity contribution < 1.29 is 27.4 Å². The van der Waals surface area contributed by atoms with E-state index in [-0.39, 0.29) is 10.8 Å². The Bertz CT molecular complexity index is 767. The summed E-state index contributed by atoms with van der Waals surface area (Å²) in [7, 11) is 1.10. The number of carbonyl (C=O) groups is 1. The molecule has 23 heavy (non-hydrogen) atoms. The summed E-state index contributed by atoms with van der Waals surface area (Å²) < 4.78 is 51.0. The van der Waals surface area contributed by atoms with Gasteiger partial charge in [-0.25, -0.2) is 9.78 Å². The Kier molecular flexibility index (Phi) is 3.97. The van der Waals surface area contributed by atoms with E-state index in [1.807, 2.05) is 0 Å². The van der Waals surface area contributed by atoms with Crippen molar-refractivity contribution in [3.8, 4) is 0 Å². The van der Waals surface area contributed by atoms with Gasteiger partial charge in [0.05, 0.1) is 18.8 Å². The molecule has 0 aromatic carbocycles. The van der Waals surface area contributed by atoms with Crippen molar-refractivity contribution in [3.05, 3.63) is 34.2 Å². The number of nitrogens with zero attached hydrogens (tertiary/aromatic N) is 2. The van der Waals surface area contributed by atoms with Crippen LogP contribution in [0.4, 0.5) is 13.2 Å². The van der Waals surface area contributed by atoms with Gasteiger partial charge < -0.3 is 9.47 Å². The number of imidazole rings is 1. The molecule has 0 bridgehead atoms. The van der Waals surface area contributed by atoms with Crippen molar-refractivity contribution in [2.45, 2.75) is 25.1 Å². The zero-order valence-electron chi connectivity index (χ0n) is 12.0. The minimum atomic E-state index is -4.64. The number of methoxy groups -OCH3 is 1. The van der Waals surface area contributed by atoms with Gasteiger partial charge in [-0.3, -0.25) is 4.40 Å². The summed E-state index contributed by atoms with van der Waals surface area (Å²) in [4.78, 5) is 15.3. The number of hydrogen-bond acceptors (Lipinski definition) is 4. The largest absolute Gasteiger partial charge is 0.464 e. The summed E-state index contributed by atoms with van der Waals surface area (Å²) in [5.41, 5.74) is -1.42. The number of alkyl halides is 3. The Morgan fingerprint density at radius 1 is 1.52 bits per heavy atom. The van der Waals surface area contributed by atoms with Gasteiger partial charge in [-0.15, -0.1) is 0 Å². The van der Waals surface area contributed by atoms with E-state index in [0.717, 1.165) is 24.0 Å². The van der Waals surface area contributed by atoms with Gasteiger partial charge in [-0.1, -0.05) is 11.6 Å². The lowest BCUT2D eigenvalue weighted by Crippen LogP contribution is -2.10. The van der Waals surface area contributed by atoms with Crippen LogP contribution < -0.4 is 0 Å². The lowest BCUT2D eigenvalue weighted by molar-refractivity contribution is -0.136. The van der Waals surface area contributed by atoms with Crippen molar-refractivity contribution in [1.82, 2.24) is 9.38 Å². The minimum Gasteiger partial charge on any atom is -0.464 e. The van der Waals surface area contributed by atoms with Crippen LogP contribution in [0.25, 0.3) is 5.65 Å². The third-order valence-corrected chi connectivity index (χ3v) is 4.03. The standard InChI is InChI=1S/C14H12ClF3N2O3/c1-22-13(21)10-11(15)20-6-7(9-3-2-4-23-9)5-8(12(20)19-10)14(16,17)18/h5-6,9H,2-4H2,1H3. The second-order valence-corrected chi connectivity index (χ2v) is 5.48. The van der Waals surface area contributed by atoms with Crippen LogP contribution in [0.3, 0.4) is 0 Å². The van der Waals surface area contributed by atoms with Crippen LogP contribution in [0.2, 0.25) is 5.15 Å². The van der Waals surface area contributed by atoms with E-state index >= 15 is 0 Å². The fraction of sp³-hybridized carbons (Fsp3) is 0.429. The molecule has 0 spiro atoms. The van der Waals surface area contributed by atoms with E-state index in [2.05, 4.69) is 9.72 Å². The molecule has 5 nitrogen and oxygen atoms in total. The highest BCUT2D eigenvalue weighted by atomic mass is 35.5. The van der Waals surface area contributed by atoms with Gasteiger partial charge in [0.1, 0.15) is 5.15 Å². The fourth-order valence-electron chi connectivity index (χ4n) is 2.59. The molecule has 1 aliphatic rings. The molecule has 1 saturated heterocycles.